The van der Waals surface area contributed by atoms with E-state index in [-0.39, 0.29) is 5.41 Å². The molecular weight excluding hydrogens is 242 g/mol. The fourth-order valence-corrected chi connectivity index (χ4v) is 3.55. The Morgan fingerprint density at radius 2 is 2.28 bits per heavy atom. The van der Waals surface area contributed by atoms with E-state index in [0.29, 0.717) is 17.1 Å². The second-order valence-corrected chi connectivity index (χ2v) is 6.57. The van der Waals surface area contributed by atoms with Gasteiger partial charge in [0, 0.05) is 17.7 Å². The van der Waals surface area contributed by atoms with Crippen molar-refractivity contribution in [1.29, 1.82) is 0 Å². The van der Waals surface area contributed by atoms with E-state index in [1.807, 2.05) is 0 Å². The van der Waals surface area contributed by atoms with E-state index in [9.17, 15) is 0 Å². The van der Waals surface area contributed by atoms with Gasteiger partial charge in [0.2, 0.25) is 0 Å². The molecule has 2 aliphatic carbocycles. The highest BCUT2D eigenvalue weighted by atomic mass is 32.1. The van der Waals surface area contributed by atoms with E-state index in [1.54, 1.807) is 6.08 Å². The second kappa shape index (κ2) is 4.65. The van der Waals surface area contributed by atoms with Crippen LogP contribution in [-0.2, 0) is 0 Å². The number of hydrogen-bond acceptors (Lipinski definition) is 2. The summed E-state index contributed by atoms with van der Waals surface area (Å²) in [7, 11) is 0. The lowest BCUT2D eigenvalue weighted by molar-refractivity contribution is 0.193. The Balaban J connectivity index is 2.03. The molecule has 4 heteroatoms. The third kappa shape index (κ3) is 1.96. The molecule has 2 bridgehead atoms. The topological polar surface area (TPSA) is 36.4 Å². The summed E-state index contributed by atoms with van der Waals surface area (Å²) in [4.78, 5) is 0. The van der Waals surface area contributed by atoms with Crippen LogP contribution in [0.2, 0.25) is 0 Å². The molecule has 2 fully saturated rings. The van der Waals surface area contributed by atoms with E-state index >= 15 is 0 Å². The van der Waals surface area contributed by atoms with Crippen molar-refractivity contribution in [2.24, 2.45) is 21.8 Å². The van der Waals surface area contributed by atoms with E-state index in [2.05, 4.69) is 43.2 Å². The van der Waals surface area contributed by atoms with Crippen molar-refractivity contribution in [3.8, 4) is 0 Å². The van der Waals surface area contributed by atoms with Crippen molar-refractivity contribution in [2.45, 2.75) is 40.0 Å². The number of thiocarbonyl (C=S) groups is 1. The van der Waals surface area contributed by atoms with Gasteiger partial charge in [-0.15, -0.1) is 6.58 Å². The molecule has 18 heavy (non-hydrogen) atoms. The smallest absolute Gasteiger partial charge is 0.187 e. The van der Waals surface area contributed by atoms with Gasteiger partial charge in [-0.3, -0.25) is 5.43 Å². The van der Waals surface area contributed by atoms with Gasteiger partial charge in [0.15, 0.2) is 5.11 Å². The van der Waals surface area contributed by atoms with Crippen LogP contribution in [0.15, 0.2) is 17.8 Å². The van der Waals surface area contributed by atoms with Crippen LogP contribution in [0.1, 0.15) is 40.0 Å². The molecule has 0 aliphatic heterocycles. The zero-order chi connectivity index (χ0) is 13.4. The molecule has 100 valence electrons. The summed E-state index contributed by atoms with van der Waals surface area (Å²) >= 11 is 5.16. The molecule has 0 heterocycles. The molecule has 3 nitrogen and oxygen atoms in total. The van der Waals surface area contributed by atoms with E-state index < -0.39 is 0 Å². The lowest BCUT2D eigenvalue weighted by Gasteiger charge is -2.34. The minimum atomic E-state index is 0.235. The van der Waals surface area contributed by atoms with Gasteiger partial charge >= 0.3 is 0 Å². The highest BCUT2D eigenvalue weighted by Gasteiger charge is 2.59. The Morgan fingerprint density at radius 1 is 1.56 bits per heavy atom. The van der Waals surface area contributed by atoms with E-state index in [4.69, 9.17) is 12.2 Å². The van der Waals surface area contributed by atoms with E-state index in [0.717, 1.165) is 12.3 Å². The van der Waals surface area contributed by atoms with E-state index in [1.165, 1.54) is 18.6 Å². The molecule has 2 atom stereocenters. The Morgan fingerprint density at radius 3 is 2.78 bits per heavy atom. The van der Waals surface area contributed by atoms with Crippen molar-refractivity contribution in [2.75, 3.05) is 6.54 Å². The van der Waals surface area contributed by atoms with Crippen LogP contribution in [0.25, 0.3) is 0 Å². The summed E-state index contributed by atoms with van der Waals surface area (Å²) in [6.45, 7) is 11.4. The Kier molecular flexibility index (Phi) is 3.49. The highest BCUT2D eigenvalue weighted by molar-refractivity contribution is 7.80. The third-order valence-corrected chi connectivity index (χ3v) is 5.45. The predicted molar refractivity (Wildman–Crippen MR) is 80.6 cm³/mol. The lowest BCUT2D eigenvalue weighted by atomic mass is 9.70. The number of nitrogens with zero attached hydrogens (tertiary/aromatic N) is 1. The molecule has 2 rings (SSSR count). The molecule has 0 amide bonds. The normalized spacial score (nSPS) is 34.6. The maximum Gasteiger partial charge on any atom is 0.187 e. The van der Waals surface area contributed by atoms with Crippen LogP contribution >= 0.6 is 12.2 Å². The summed E-state index contributed by atoms with van der Waals surface area (Å²) in [5.74, 6) is 0.776. The standard InChI is InChI=1S/C14H23N3S/c1-5-8-15-12(18)17-16-11-9-10-6-7-14(11,4)13(10,2)3/h5,10H,1,6-9H2,2-4H3,(H2,15,17,18)/b16-11+/t10-,14-/m1/s1. The van der Waals surface area contributed by atoms with Crippen LogP contribution in [0.4, 0.5) is 0 Å². The minimum Gasteiger partial charge on any atom is -0.358 e. The number of rotatable bonds is 3. The largest absolute Gasteiger partial charge is 0.358 e. The van der Waals surface area contributed by atoms with Crippen molar-refractivity contribution in [3.63, 3.8) is 0 Å². The molecule has 0 aromatic rings. The summed E-state index contributed by atoms with van der Waals surface area (Å²) in [5, 5.41) is 8.16. The zero-order valence-corrected chi connectivity index (χ0v) is 12.4. The van der Waals surface area contributed by atoms with Gasteiger partial charge < -0.3 is 5.32 Å². The molecule has 0 aromatic carbocycles. The van der Waals surface area contributed by atoms with Gasteiger partial charge in [-0.05, 0) is 42.8 Å². The molecule has 0 aromatic heterocycles. The van der Waals surface area contributed by atoms with Gasteiger partial charge in [0.1, 0.15) is 0 Å². The van der Waals surface area contributed by atoms with Crippen molar-refractivity contribution < 1.29 is 0 Å². The first-order valence-corrected chi connectivity index (χ1v) is 7.04. The first-order chi connectivity index (χ1) is 8.41. The van der Waals surface area contributed by atoms with Crippen molar-refractivity contribution in [3.05, 3.63) is 12.7 Å². The number of hydrazone groups is 1. The summed E-state index contributed by atoms with van der Waals surface area (Å²) < 4.78 is 0. The monoisotopic (exact) mass is 265 g/mol. The fourth-order valence-electron chi connectivity index (χ4n) is 3.42. The first kappa shape index (κ1) is 13.5. The van der Waals surface area contributed by atoms with Gasteiger partial charge in [-0.25, -0.2) is 0 Å². The predicted octanol–water partition coefficient (Wildman–Crippen LogP) is 2.84. The summed E-state index contributed by atoms with van der Waals surface area (Å²) in [5.41, 5.74) is 4.85. The van der Waals surface area contributed by atoms with Crippen LogP contribution in [0, 0.1) is 16.7 Å². The van der Waals surface area contributed by atoms with Crippen molar-refractivity contribution in [1.82, 2.24) is 10.7 Å². The summed E-state index contributed by atoms with van der Waals surface area (Å²) in [6, 6.07) is 0. The van der Waals surface area contributed by atoms with Gasteiger partial charge in [0.25, 0.3) is 0 Å². The molecule has 0 radical (unpaired) electrons. The maximum atomic E-state index is 5.16. The van der Waals surface area contributed by atoms with Gasteiger partial charge in [-0.1, -0.05) is 26.8 Å². The molecule has 2 N–H and O–H groups in total. The SMILES string of the molecule is C=CCNC(=S)N/N=C1\C[C@H]2CC[C@@]1(C)C2(C)C. The minimum absolute atomic E-state index is 0.235. The van der Waals surface area contributed by atoms with Crippen LogP contribution < -0.4 is 10.7 Å². The number of hydrogen-bond donors (Lipinski definition) is 2. The number of fused-ring (bicyclic) bond motifs is 2. The number of nitrogens with one attached hydrogen (secondary N) is 2. The van der Waals surface area contributed by atoms with Crippen molar-refractivity contribution >= 4 is 23.0 Å². The van der Waals surface area contributed by atoms with Gasteiger partial charge in [-0.2, -0.15) is 5.10 Å². The maximum absolute atomic E-state index is 5.16. The molecular formula is C14H23N3S. The lowest BCUT2D eigenvalue weighted by Crippen LogP contribution is -2.36. The average molecular weight is 265 g/mol. The quantitative estimate of drug-likeness (QED) is 0.468. The third-order valence-electron chi connectivity index (χ3n) is 5.21. The Bertz CT molecular complexity index is 400. The zero-order valence-electron chi connectivity index (χ0n) is 11.5. The second-order valence-electron chi connectivity index (χ2n) is 6.16. The molecule has 2 saturated carbocycles. The average Bonchev–Trinajstić information content (AvgIpc) is 2.66. The van der Waals surface area contributed by atoms with Crippen LogP contribution in [0.5, 0.6) is 0 Å². The molecule has 0 saturated heterocycles. The highest BCUT2D eigenvalue weighted by Crippen LogP contribution is 2.63. The Hall–Kier alpha value is -0.900. The molecule has 0 unspecified atom stereocenters. The molecule has 0 spiro atoms. The van der Waals surface area contributed by atoms with Crippen LogP contribution in [-0.4, -0.2) is 17.4 Å². The van der Waals surface area contributed by atoms with Gasteiger partial charge in [0.05, 0.1) is 0 Å². The fraction of sp³-hybridized carbons (Fsp3) is 0.714. The first-order valence-electron chi connectivity index (χ1n) is 6.63. The van der Waals surface area contributed by atoms with Crippen LogP contribution in [0.3, 0.4) is 0 Å². The summed E-state index contributed by atoms with van der Waals surface area (Å²) in [6.07, 6.45) is 5.48. The molecule has 2 aliphatic rings. The Labute approximate surface area is 115 Å².